The van der Waals surface area contributed by atoms with E-state index in [1.54, 1.807) is 14.2 Å². The molecular weight excluding hydrogens is 479 g/mol. The van der Waals surface area contributed by atoms with Crippen molar-refractivity contribution in [3.05, 3.63) is 23.8 Å². The van der Waals surface area contributed by atoms with E-state index in [1.807, 2.05) is 12.1 Å². The van der Waals surface area contributed by atoms with Crippen molar-refractivity contribution in [2.24, 2.45) is 4.99 Å². The van der Waals surface area contributed by atoms with Gasteiger partial charge in [0, 0.05) is 32.2 Å². The lowest BCUT2D eigenvalue weighted by Crippen LogP contribution is -2.39. The molecule has 1 fully saturated rings. The van der Waals surface area contributed by atoms with E-state index in [0.29, 0.717) is 0 Å². The van der Waals surface area contributed by atoms with E-state index in [-0.39, 0.29) is 24.0 Å². The predicted molar refractivity (Wildman–Crippen MR) is 132 cm³/mol. The molecule has 2 N–H and O–H groups in total. The van der Waals surface area contributed by atoms with E-state index in [2.05, 4.69) is 35.4 Å². The first-order chi connectivity index (χ1) is 13.7. The number of rotatable bonds is 10. The Morgan fingerprint density at radius 2 is 1.97 bits per heavy atom. The first-order valence-corrected chi connectivity index (χ1v) is 10.6. The lowest BCUT2D eigenvalue weighted by atomic mass is 10.0. The van der Waals surface area contributed by atoms with Crippen molar-refractivity contribution < 1.29 is 9.47 Å². The number of aliphatic imine (C=N–C) groups is 1. The summed E-state index contributed by atoms with van der Waals surface area (Å²) >= 11 is 0. The normalized spacial score (nSPS) is 17.4. The summed E-state index contributed by atoms with van der Waals surface area (Å²) in [4.78, 5) is 7.35. The molecule has 0 aliphatic carbocycles. The van der Waals surface area contributed by atoms with Gasteiger partial charge in [-0.25, -0.2) is 0 Å². The van der Waals surface area contributed by atoms with Crippen LogP contribution < -0.4 is 20.1 Å². The van der Waals surface area contributed by atoms with Gasteiger partial charge in [0.25, 0.3) is 0 Å². The first kappa shape index (κ1) is 25.8. The summed E-state index contributed by atoms with van der Waals surface area (Å²) in [6.07, 6.45) is 6.06. The lowest BCUT2D eigenvalue weighted by Gasteiger charge is -2.33. The molecule has 1 aromatic rings. The van der Waals surface area contributed by atoms with Gasteiger partial charge >= 0.3 is 0 Å². The molecule has 1 aliphatic heterocycles. The number of ether oxygens (including phenoxy) is 2. The van der Waals surface area contributed by atoms with Crippen molar-refractivity contribution in [1.82, 2.24) is 15.5 Å². The Labute approximate surface area is 193 Å². The number of hydrogen-bond acceptors (Lipinski definition) is 4. The van der Waals surface area contributed by atoms with Gasteiger partial charge in [-0.1, -0.05) is 12.5 Å². The van der Waals surface area contributed by atoms with Crippen LogP contribution in [-0.4, -0.2) is 63.8 Å². The summed E-state index contributed by atoms with van der Waals surface area (Å²) in [7, 11) is 3.32. The van der Waals surface area contributed by atoms with Crippen LogP contribution in [0.1, 0.15) is 45.1 Å². The maximum atomic E-state index is 5.38. The van der Waals surface area contributed by atoms with E-state index in [9.17, 15) is 0 Å². The summed E-state index contributed by atoms with van der Waals surface area (Å²) in [6.45, 7) is 9.39. The molecule has 0 radical (unpaired) electrons. The Morgan fingerprint density at radius 1 is 1.17 bits per heavy atom. The van der Waals surface area contributed by atoms with E-state index < -0.39 is 0 Å². The number of methoxy groups -OCH3 is 2. The molecule has 1 atom stereocenters. The molecule has 7 heteroatoms. The Kier molecular flexibility index (Phi) is 13.1. The van der Waals surface area contributed by atoms with Crippen LogP contribution in [-0.2, 0) is 6.42 Å². The molecule has 29 heavy (non-hydrogen) atoms. The quantitative estimate of drug-likeness (QED) is 0.214. The molecule has 1 saturated heterocycles. The second-order valence-electron chi connectivity index (χ2n) is 7.36. The maximum Gasteiger partial charge on any atom is 0.191 e. The maximum absolute atomic E-state index is 5.38. The molecule has 166 valence electrons. The van der Waals surface area contributed by atoms with Gasteiger partial charge in [0.2, 0.25) is 0 Å². The molecular formula is C22H39IN4O2. The molecule has 0 saturated carbocycles. The highest BCUT2D eigenvalue weighted by atomic mass is 127. The van der Waals surface area contributed by atoms with E-state index in [1.165, 1.54) is 31.4 Å². The SMILES string of the molecule is CCNC(=NCCCN1CCCCC1C)NCCc1ccc(OC)c(OC)c1.I. The molecule has 0 bridgehead atoms. The number of nitrogens with one attached hydrogen (secondary N) is 2. The summed E-state index contributed by atoms with van der Waals surface area (Å²) < 4.78 is 10.7. The summed E-state index contributed by atoms with van der Waals surface area (Å²) in [5, 5.41) is 6.77. The third kappa shape index (κ3) is 8.99. The number of halogens is 1. The second kappa shape index (κ2) is 14.7. The Hall–Kier alpha value is -1.22. The zero-order valence-electron chi connectivity index (χ0n) is 18.5. The number of hydrogen-bond donors (Lipinski definition) is 2. The van der Waals surface area contributed by atoms with Crippen LogP contribution in [0.5, 0.6) is 11.5 Å². The van der Waals surface area contributed by atoms with Gasteiger partial charge in [0.15, 0.2) is 17.5 Å². The fourth-order valence-corrected chi connectivity index (χ4v) is 3.66. The van der Waals surface area contributed by atoms with Crippen LogP contribution in [0.3, 0.4) is 0 Å². The summed E-state index contributed by atoms with van der Waals surface area (Å²) in [5.41, 5.74) is 1.21. The standard InChI is InChI=1S/C22H38N4O2.HI/c1-5-23-22(24-13-8-16-26-15-7-6-9-18(26)2)25-14-12-19-10-11-20(27-3)21(17-19)28-4;/h10-11,17-18H,5-9,12-16H2,1-4H3,(H2,23,24,25);1H. The smallest absolute Gasteiger partial charge is 0.191 e. The molecule has 0 aromatic heterocycles. The van der Waals surface area contributed by atoms with Crippen LogP contribution in [0.25, 0.3) is 0 Å². The Bertz CT molecular complexity index is 612. The van der Waals surface area contributed by atoms with Crippen molar-refractivity contribution in [1.29, 1.82) is 0 Å². The molecule has 1 aromatic carbocycles. The summed E-state index contributed by atoms with van der Waals surface area (Å²) in [5.74, 6) is 2.43. The van der Waals surface area contributed by atoms with Crippen molar-refractivity contribution in [2.45, 2.75) is 52.0 Å². The van der Waals surface area contributed by atoms with Crippen LogP contribution in [0, 0.1) is 0 Å². The third-order valence-corrected chi connectivity index (χ3v) is 5.31. The first-order valence-electron chi connectivity index (χ1n) is 10.6. The number of benzene rings is 1. The molecule has 6 nitrogen and oxygen atoms in total. The zero-order valence-corrected chi connectivity index (χ0v) is 20.8. The zero-order chi connectivity index (χ0) is 20.2. The minimum absolute atomic E-state index is 0. The number of piperidine rings is 1. The van der Waals surface area contributed by atoms with Gasteiger partial charge in [0.1, 0.15) is 0 Å². The molecule has 0 amide bonds. The highest BCUT2D eigenvalue weighted by molar-refractivity contribution is 14.0. The molecule has 1 aliphatic rings. The fourth-order valence-electron chi connectivity index (χ4n) is 3.66. The van der Waals surface area contributed by atoms with Gasteiger partial charge in [-0.2, -0.15) is 0 Å². The van der Waals surface area contributed by atoms with Crippen molar-refractivity contribution in [3.63, 3.8) is 0 Å². The average Bonchev–Trinajstić information content (AvgIpc) is 2.72. The minimum Gasteiger partial charge on any atom is -0.493 e. The number of guanidine groups is 1. The van der Waals surface area contributed by atoms with Gasteiger partial charge in [0.05, 0.1) is 14.2 Å². The Balaban J connectivity index is 0.00000420. The Morgan fingerprint density at radius 3 is 2.66 bits per heavy atom. The average molecular weight is 518 g/mol. The van der Waals surface area contributed by atoms with Crippen LogP contribution in [0.4, 0.5) is 0 Å². The monoisotopic (exact) mass is 518 g/mol. The van der Waals surface area contributed by atoms with Gasteiger partial charge in [-0.05, 0) is 63.8 Å². The van der Waals surface area contributed by atoms with Gasteiger partial charge < -0.3 is 25.0 Å². The van der Waals surface area contributed by atoms with Crippen molar-refractivity contribution in [2.75, 3.05) is 46.9 Å². The highest BCUT2D eigenvalue weighted by Gasteiger charge is 2.17. The molecule has 1 unspecified atom stereocenters. The van der Waals surface area contributed by atoms with Crippen molar-refractivity contribution >= 4 is 29.9 Å². The topological polar surface area (TPSA) is 58.1 Å². The largest absolute Gasteiger partial charge is 0.493 e. The minimum atomic E-state index is 0. The second-order valence-corrected chi connectivity index (χ2v) is 7.36. The van der Waals surface area contributed by atoms with Crippen LogP contribution in [0.15, 0.2) is 23.2 Å². The molecule has 2 rings (SSSR count). The lowest BCUT2D eigenvalue weighted by molar-refractivity contribution is 0.160. The van der Waals surface area contributed by atoms with Gasteiger partial charge in [-0.3, -0.25) is 4.99 Å². The number of likely N-dealkylation sites (tertiary alicyclic amines) is 1. The van der Waals surface area contributed by atoms with Gasteiger partial charge in [-0.15, -0.1) is 24.0 Å². The van der Waals surface area contributed by atoms with Crippen LogP contribution >= 0.6 is 24.0 Å². The van der Waals surface area contributed by atoms with E-state index in [0.717, 1.165) is 62.5 Å². The third-order valence-electron chi connectivity index (χ3n) is 5.31. The summed E-state index contributed by atoms with van der Waals surface area (Å²) in [6, 6.07) is 6.79. The molecule has 0 spiro atoms. The van der Waals surface area contributed by atoms with E-state index in [4.69, 9.17) is 14.5 Å². The van der Waals surface area contributed by atoms with Crippen molar-refractivity contribution in [3.8, 4) is 11.5 Å². The predicted octanol–water partition coefficient (Wildman–Crippen LogP) is 3.68. The highest BCUT2D eigenvalue weighted by Crippen LogP contribution is 2.27. The molecule has 1 heterocycles. The number of nitrogens with zero attached hydrogens (tertiary/aromatic N) is 2. The van der Waals surface area contributed by atoms with Crippen LogP contribution in [0.2, 0.25) is 0 Å². The fraction of sp³-hybridized carbons (Fsp3) is 0.682. The van der Waals surface area contributed by atoms with E-state index >= 15 is 0 Å².